The highest BCUT2D eigenvalue weighted by atomic mass is 31.2. The first-order valence-electron chi connectivity index (χ1n) is 20.6. The number of hydrogen-bond acceptors (Lipinski definition) is 11. The van der Waals surface area contributed by atoms with Crippen molar-refractivity contribution in [3.63, 3.8) is 0 Å². The molecule has 12 nitrogen and oxygen atoms in total. The quantitative estimate of drug-likeness (QED) is 0.0376. The fraction of sp³-hybridized carbons (Fsp3) is 0.500. The van der Waals surface area contributed by atoms with Crippen LogP contribution in [-0.4, -0.2) is 93.6 Å². The van der Waals surface area contributed by atoms with Gasteiger partial charge in [0.2, 0.25) is 5.91 Å². The highest BCUT2D eigenvalue weighted by Crippen LogP contribution is 2.52. The summed E-state index contributed by atoms with van der Waals surface area (Å²) in [6.07, 6.45) is -0.710. The fourth-order valence-electron chi connectivity index (χ4n) is 7.29. The molecule has 14 heteroatoms. The second-order valence-corrected chi connectivity index (χ2v) is 23.3. The molecule has 3 aromatic carbocycles. The predicted octanol–water partition coefficient (Wildman–Crippen LogP) is 9.10. The zero-order valence-corrected chi connectivity index (χ0v) is 38.8. The Morgan fingerprint density at radius 2 is 1.42 bits per heavy atom. The average molecular weight is 860 g/mol. The van der Waals surface area contributed by atoms with E-state index in [4.69, 9.17) is 32.4 Å². The molecule has 0 bridgehead atoms. The third kappa shape index (κ3) is 10.5. The van der Waals surface area contributed by atoms with Crippen molar-refractivity contribution in [3.8, 4) is 17.6 Å². The lowest BCUT2D eigenvalue weighted by atomic mass is 9.80. The van der Waals surface area contributed by atoms with Crippen LogP contribution in [0.2, 0.25) is 18.1 Å². The average Bonchev–Trinajstić information content (AvgIpc) is 3.53. The van der Waals surface area contributed by atoms with Gasteiger partial charge >= 0.3 is 0 Å². The highest BCUT2D eigenvalue weighted by molar-refractivity contribution is 7.44. The highest BCUT2D eigenvalue weighted by Gasteiger charge is 2.56. The molecule has 1 fully saturated rings. The van der Waals surface area contributed by atoms with Crippen LogP contribution in [0.15, 0.2) is 91.1 Å². The van der Waals surface area contributed by atoms with Crippen molar-refractivity contribution in [1.29, 1.82) is 5.26 Å². The number of methoxy groups -OCH3 is 2. The van der Waals surface area contributed by atoms with Gasteiger partial charge in [-0.2, -0.15) is 5.26 Å². The molecule has 60 heavy (non-hydrogen) atoms. The molecule has 2 heterocycles. The molecule has 5 atom stereocenters. The molecule has 2 aliphatic heterocycles. The summed E-state index contributed by atoms with van der Waals surface area (Å²) in [4.78, 5) is 27.7. The van der Waals surface area contributed by atoms with Gasteiger partial charge in [-0.25, -0.2) is 4.67 Å². The summed E-state index contributed by atoms with van der Waals surface area (Å²) in [5.41, 5.74) is 1.38. The number of amides is 1. The number of allylic oxidation sites excluding steroid dienone is 1. The first-order chi connectivity index (χ1) is 28.5. The Hall–Kier alpha value is -3.96. The Bertz CT molecular complexity index is 1890. The smallest absolute Gasteiger partial charge is 0.259 e. The molecule has 0 saturated carbocycles. The topological polar surface area (TPSA) is 129 Å². The van der Waals surface area contributed by atoms with Crippen molar-refractivity contribution in [1.82, 2.24) is 9.57 Å². The normalized spacial score (nSPS) is 20.6. The largest absolute Gasteiger partial charge is 0.497 e. The van der Waals surface area contributed by atoms with E-state index < -0.39 is 52.9 Å². The molecule has 0 N–H and O–H groups in total. The summed E-state index contributed by atoms with van der Waals surface area (Å²) < 4.78 is 48.7. The monoisotopic (exact) mass is 859 g/mol. The molecule has 0 aromatic heterocycles. The van der Waals surface area contributed by atoms with Crippen LogP contribution in [0.25, 0.3) is 0 Å². The van der Waals surface area contributed by atoms with E-state index in [1.807, 2.05) is 78.9 Å². The van der Waals surface area contributed by atoms with Gasteiger partial charge < -0.3 is 32.4 Å². The van der Waals surface area contributed by atoms with Crippen LogP contribution in [0, 0.1) is 11.3 Å². The molecule has 0 aliphatic carbocycles. The van der Waals surface area contributed by atoms with Crippen molar-refractivity contribution < 1.29 is 42.0 Å². The molecule has 1 saturated heterocycles. The van der Waals surface area contributed by atoms with E-state index in [1.165, 1.54) is 17.2 Å². The second kappa shape index (κ2) is 20.3. The fourth-order valence-corrected chi connectivity index (χ4v) is 10.3. The number of carbonyl (C=O) groups excluding carboxylic acids is 2. The predicted molar refractivity (Wildman–Crippen MR) is 235 cm³/mol. The van der Waals surface area contributed by atoms with E-state index in [-0.39, 0.29) is 49.0 Å². The van der Waals surface area contributed by atoms with Gasteiger partial charge in [-0.15, -0.1) is 0 Å². The SMILES string of the molecule is COc1ccc(C(OC[C@H]2O[C@@H](N3C=CC(=O)CC3=O)[C@H](OP(OCCC#N)N(C(C)C)C(C)C)[C@@H]2O[Si](C)(C)C(C)(C)C)(c2ccccc2)c2ccc(OC)cc2)cc1. The van der Waals surface area contributed by atoms with Gasteiger partial charge in [0.1, 0.15) is 35.4 Å². The van der Waals surface area contributed by atoms with E-state index >= 15 is 0 Å². The van der Waals surface area contributed by atoms with E-state index in [0.717, 1.165) is 16.7 Å². The summed E-state index contributed by atoms with van der Waals surface area (Å²) in [5.74, 6) is 0.690. The van der Waals surface area contributed by atoms with Gasteiger partial charge in [-0.1, -0.05) is 75.4 Å². The minimum Gasteiger partial charge on any atom is -0.497 e. The van der Waals surface area contributed by atoms with Gasteiger partial charge in [0, 0.05) is 18.3 Å². The summed E-state index contributed by atoms with van der Waals surface area (Å²) in [6.45, 7) is 19.3. The Balaban J connectivity index is 1.70. The molecule has 0 radical (unpaired) electrons. The van der Waals surface area contributed by atoms with Crippen LogP contribution >= 0.6 is 8.53 Å². The lowest BCUT2D eigenvalue weighted by Gasteiger charge is -2.43. The number of nitrogens with zero attached hydrogens (tertiary/aromatic N) is 3. The van der Waals surface area contributed by atoms with Gasteiger partial charge in [0.05, 0.1) is 46.3 Å². The Morgan fingerprint density at radius 1 is 0.867 bits per heavy atom. The lowest BCUT2D eigenvalue weighted by molar-refractivity contribution is -0.150. The van der Waals surface area contributed by atoms with Crippen LogP contribution in [0.4, 0.5) is 0 Å². The first kappa shape index (κ1) is 47.1. The summed E-state index contributed by atoms with van der Waals surface area (Å²) in [5, 5.41) is 9.25. The van der Waals surface area contributed by atoms with Crippen LogP contribution in [0.5, 0.6) is 11.5 Å². The number of carbonyl (C=O) groups is 2. The number of ether oxygens (including phenoxy) is 4. The van der Waals surface area contributed by atoms with Gasteiger partial charge in [0.25, 0.3) is 8.53 Å². The summed E-state index contributed by atoms with van der Waals surface area (Å²) in [7, 11) is -1.16. The zero-order chi connectivity index (χ0) is 43.8. The Morgan fingerprint density at radius 3 is 1.90 bits per heavy atom. The van der Waals surface area contributed by atoms with Crippen LogP contribution in [-0.2, 0) is 38.1 Å². The van der Waals surface area contributed by atoms with Crippen molar-refractivity contribution in [2.24, 2.45) is 0 Å². The first-order valence-corrected chi connectivity index (χ1v) is 24.6. The van der Waals surface area contributed by atoms with Crippen molar-refractivity contribution in [2.45, 2.75) is 122 Å². The number of hydrogen-bond donors (Lipinski definition) is 0. The second-order valence-electron chi connectivity index (χ2n) is 17.1. The van der Waals surface area contributed by atoms with Gasteiger partial charge in [-0.05, 0) is 92.9 Å². The van der Waals surface area contributed by atoms with Crippen molar-refractivity contribution in [2.75, 3.05) is 27.4 Å². The van der Waals surface area contributed by atoms with Gasteiger partial charge in [-0.3, -0.25) is 14.5 Å². The number of benzene rings is 3. The zero-order valence-electron chi connectivity index (χ0n) is 36.9. The molecule has 324 valence electrons. The number of nitriles is 1. The molecule has 2 aliphatic rings. The molecule has 5 rings (SSSR count). The maximum absolute atomic E-state index is 13.8. The van der Waals surface area contributed by atoms with E-state index in [0.29, 0.717) is 11.5 Å². The summed E-state index contributed by atoms with van der Waals surface area (Å²) in [6, 6.07) is 27.8. The number of ketones is 1. The maximum atomic E-state index is 13.8. The molecular formula is C46H62N3O9PSi. The molecule has 3 aromatic rings. The Labute approximate surface area is 358 Å². The summed E-state index contributed by atoms with van der Waals surface area (Å²) >= 11 is 0. The minimum absolute atomic E-state index is 0.00142. The van der Waals surface area contributed by atoms with Crippen molar-refractivity contribution in [3.05, 3.63) is 108 Å². The van der Waals surface area contributed by atoms with E-state index in [2.05, 4.69) is 72.3 Å². The van der Waals surface area contributed by atoms with Crippen LogP contribution in [0.1, 0.15) is 78.0 Å². The van der Waals surface area contributed by atoms with E-state index in [9.17, 15) is 14.9 Å². The molecular weight excluding hydrogens is 798 g/mol. The maximum Gasteiger partial charge on any atom is 0.259 e. The Kier molecular flexibility index (Phi) is 15.9. The van der Waals surface area contributed by atoms with Crippen LogP contribution in [0.3, 0.4) is 0 Å². The minimum atomic E-state index is -2.61. The van der Waals surface area contributed by atoms with Crippen LogP contribution < -0.4 is 9.47 Å². The van der Waals surface area contributed by atoms with Gasteiger partial charge in [0.15, 0.2) is 20.3 Å². The van der Waals surface area contributed by atoms with Crippen molar-refractivity contribution >= 4 is 28.5 Å². The standard InChI is InChI=1S/C46H62N3O9PSi/c1-32(2)49(33(3)4)59(55-29-15-27-47)57-43-42(58-60(10,11)45(5,6)7)40(56-44(43)48-28-26-37(50)30-41(48)51)31-54-46(34-16-13-12-14-17-34,35-18-22-38(52-8)23-19-35)36-20-24-39(53-9)25-21-36/h12-14,16-26,28,32-33,40,42-44H,15,29-31H2,1-11H3/t40-,42-,43-,44-,59?/m1/s1. The molecule has 0 spiro atoms. The number of rotatable bonds is 19. The molecule has 1 amide bonds. The third-order valence-electron chi connectivity index (χ3n) is 11.3. The van der Waals surface area contributed by atoms with E-state index in [1.54, 1.807) is 14.2 Å². The lowest BCUT2D eigenvalue weighted by Crippen LogP contribution is -2.53. The molecule has 1 unspecified atom stereocenters. The third-order valence-corrected chi connectivity index (χ3v) is 17.9.